The van der Waals surface area contributed by atoms with Gasteiger partial charge in [-0.15, -0.1) is 0 Å². The van der Waals surface area contributed by atoms with E-state index in [0.717, 1.165) is 0 Å². The Bertz CT molecular complexity index is 440. The van der Waals surface area contributed by atoms with Crippen LogP contribution in [0.15, 0.2) is 18.2 Å². The number of hydrogen-bond acceptors (Lipinski definition) is 1. The minimum absolute atomic E-state index is 0.0471. The molecule has 0 unspecified atom stereocenters. The van der Waals surface area contributed by atoms with Crippen LogP contribution in [0.4, 0.5) is 26.3 Å². The van der Waals surface area contributed by atoms with E-state index < -0.39 is 29.1 Å². The van der Waals surface area contributed by atoms with E-state index in [1.165, 1.54) is 6.92 Å². The Morgan fingerprint density at radius 3 is 1.50 bits per heavy atom. The van der Waals surface area contributed by atoms with Gasteiger partial charge in [0.2, 0.25) is 0 Å². The minimum Gasteiger partial charge on any atom is -0.385 e. The van der Waals surface area contributed by atoms with Crippen molar-refractivity contribution < 1.29 is 31.4 Å². The van der Waals surface area contributed by atoms with Gasteiger partial charge in [0.05, 0.1) is 16.7 Å². The quantitative estimate of drug-likeness (QED) is 0.800. The molecule has 1 rings (SSSR count). The Morgan fingerprint density at radius 1 is 0.850 bits per heavy atom. The molecule has 1 atom stereocenters. The number of rotatable bonds is 3. The van der Waals surface area contributed by atoms with Crippen LogP contribution in [-0.4, -0.2) is 5.11 Å². The molecule has 0 amide bonds. The number of hydrogen-bond donors (Lipinski definition) is 1. The highest BCUT2D eigenvalue weighted by Crippen LogP contribution is 2.39. The maximum absolute atomic E-state index is 12.7. The SMILES string of the molecule is CCC[C@](C)(O)c1cc(C(F)(F)F)cc(C(F)(F)F)c1. The molecule has 0 aromatic heterocycles. The Labute approximate surface area is 112 Å². The molecular weight excluding hydrogens is 286 g/mol. The number of halogens is 6. The fraction of sp³-hybridized carbons (Fsp3) is 0.538. The first-order valence-corrected chi connectivity index (χ1v) is 5.90. The molecule has 1 aromatic carbocycles. The van der Waals surface area contributed by atoms with Crippen LogP contribution in [0.3, 0.4) is 0 Å². The van der Waals surface area contributed by atoms with Crippen molar-refractivity contribution in [1.82, 2.24) is 0 Å². The summed E-state index contributed by atoms with van der Waals surface area (Å²) >= 11 is 0. The van der Waals surface area contributed by atoms with Gasteiger partial charge in [-0.1, -0.05) is 13.3 Å². The van der Waals surface area contributed by atoms with Crippen LogP contribution in [0, 0.1) is 0 Å². The minimum atomic E-state index is -4.90. The summed E-state index contributed by atoms with van der Waals surface area (Å²) in [5.74, 6) is 0. The van der Waals surface area contributed by atoms with Gasteiger partial charge >= 0.3 is 12.4 Å². The van der Waals surface area contributed by atoms with Gasteiger partial charge in [-0.25, -0.2) is 0 Å². The van der Waals surface area contributed by atoms with Crippen LogP contribution in [0.2, 0.25) is 0 Å². The second-order valence-electron chi connectivity index (χ2n) is 4.82. The van der Waals surface area contributed by atoms with E-state index in [-0.39, 0.29) is 18.1 Å². The molecule has 0 saturated heterocycles. The van der Waals surface area contributed by atoms with Crippen LogP contribution in [0.5, 0.6) is 0 Å². The lowest BCUT2D eigenvalue weighted by molar-refractivity contribution is -0.143. The van der Waals surface area contributed by atoms with Crippen molar-refractivity contribution in [3.8, 4) is 0 Å². The third kappa shape index (κ3) is 3.88. The lowest BCUT2D eigenvalue weighted by Crippen LogP contribution is -2.23. The molecule has 0 spiro atoms. The van der Waals surface area contributed by atoms with Crippen LogP contribution in [-0.2, 0) is 18.0 Å². The molecule has 0 bridgehead atoms. The van der Waals surface area contributed by atoms with Crippen molar-refractivity contribution in [1.29, 1.82) is 0 Å². The van der Waals surface area contributed by atoms with Crippen LogP contribution in [0.1, 0.15) is 43.4 Å². The zero-order chi connectivity index (χ0) is 15.8. The van der Waals surface area contributed by atoms with Crippen LogP contribution in [0.25, 0.3) is 0 Å². The van der Waals surface area contributed by atoms with Crippen molar-refractivity contribution in [3.05, 3.63) is 34.9 Å². The normalized spacial score (nSPS) is 16.1. The van der Waals surface area contributed by atoms with E-state index in [1.54, 1.807) is 6.92 Å². The van der Waals surface area contributed by atoms with Gasteiger partial charge in [0.25, 0.3) is 0 Å². The first kappa shape index (κ1) is 16.8. The van der Waals surface area contributed by atoms with Crippen LogP contribution < -0.4 is 0 Å². The van der Waals surface area contributed by atoms with E-state index in [0.29, 0.717) is 18.6 Å². The van der Waals surface area contributed by atoms with E-state index in [2.05, 4.69) is 0 Å². The van der Waals surface area contributed by atoms with Crippen LogP contribution >= 0.6 is 0 Å². The molecule has 20 heavy (non-hydrogen) atoms. The third-order valence-corrected chi connectivity index (χ3v) is 2.95. The van der Waals surface area contributed by atoms with Gasteiger partial charge < -0.3 is 5.11 Å². The molecule has 0 aliphatic carbocycles. The molecule has 0 saturated carbocycles. The summed E-state index contributed by atoms with van der Waals surface area (Å²) in [4.78, 5) is 0. The van der Waals surface area contributed by atoms with Gasteiger partial charge in [-0.05, 0) is 37.1 Å². The van der Waals surface area contributed by atoms with Gasteiger partial charge in [-0.2, -0.15) is 26.3 Å². The van der Waals surface area contributed by atoms with E-state index >= 15 is 0 Å². The molecule has 1 N–H and O–H groups in total. The van der Waals surface area contributed by atoms with Gasteiger partial charge in [-0.3, -0.25) is 0 Å². The van der Waals surface area contributed by atoms with Crippen molar-refractivity contribution in [2.24, 2.45) is 0 Å². The Kier molecular flexibility index (Phi) is 4.43. The summed E-state index contributed by atoms with van der Waals surface area (Å²) < 4.78 is 76.0. The topological polar surface area (TPSA) is 20.2 Å². The lowest BCUT2D eigenvalue weighted by atomic mass is 9.88. The molecule has 1 aromatic rings. The molecule has 0 heterocycles. The van der Waals surface area contributed by atoms with Crippen molar-refractivity contribution >= 4 is 0 Å². The first-order chi connectivity index (χ1) is 8.88. The highest BCUT2D eigenvalue weighted by atomic mass is 19.4. The number of alkyl halides is 6. The molecular formula is C13H14F6O. The highest BCUT2D eigenvalue weighted by Gasteiger charge is 2.38. The summed E-state index contributed by atoms with van der Waals surface area (Å²) in [5, 5.41) is 10.0. The van der Waals surface area contributed by atoms with E-state index in [4.69, 9.17) is 0 Å². The Balaban J connectivity index is 3.46. The van der Waals surface area contributed by atoms with Crippen molar-refractivity contribution in [2.45, 2.75) is 44.6 Å². The smallest absolute Gasteiger partial charge is 0.385 e. The predicted molar refractivity (Wildman–Crippen MR) is 60.9 cm³/mol. The number of benzene rings is 1. The van der Waals surface area contributed by atoms with Crippen molar-refractivity contribution in [3.63, 3.8) is 0 Å². The maximum Gasteiger partial charge on any atom is 0.416 e. The summed E-state index contributed by atoms with van der Waals surface area (Å²) in [7, 11) is 0. The van der Waals surface area contributed by atoms with E-state index in [9.17, 15) is 31.4 Å². The second-order valence-corrected chi connectivity index (χ2v) is 4.82. The summed E-state index contributed by atoms with van der Waals surface area (Å²) in [6, 6.07) is 1.17. The molecule has 1 nitrogen and oxygen atoms in total. The average Bonchev–Trinajstić information content (AvgIpc) is 2.26. The fourth-order valence-electron chi connectivity index (χ4n) is 1.90. The summed E-state index contributed by atoms with van der Waals surface area (Å²) in [6.45, 7) is 2.87. The average molecular weight is 300 g/mol. The standard InChI is InChI=1S/C13H14F6O/c1-3-4-11(2,20)8-5-9(12(14,15)16)7-10(6-8)13(17,18)19/h5-7,20H,3-4H2,1-2H3/t11-/m0/s1. The lowest BCUT2D eigenvalue weighted by Gasteiger charge is -2.25. The molecule has 114 valence electrons. The summed E-state index contributed by atoms with van der Waals surface area (Å²) in [6.07, 6.45) is -9.33. The second kappa shape index (κ2) is 5.27. The predicted octanol–water partition coefficient (Wildman–Crippen LogP) is 4.73. The van der Waals surface area contributed by atoms with Gasteiger partial charge in [0.15, 0.2) is 0 Å². The van der Waals surface area contributed by atoms with Gasteiger partial charge in [0, 0.05) is 0 Å². The zero-order valence-electron chi connectivity index (χ0n) is 10.9. The highest BCUT2D eigenvalue weighted by molar-refractivity contribution is 5.36. The fourth-order valence-corrected chi connectivity index (χ4v) is 1.90. The molecule has 0 radical (unpaired) electrons. The number of aliphatic hydroxyl groups is 1. The molecule has 0 aliphatic rings. The molecule has 0 aliphatic heterocycles. The Morgan fingerprint density at radius 2 is 1.20 bits per heavy atom. The largest absolute Gasteiger partial charge is 0.416 e. The molecule has 7 heteroatoms. The third-order valence-electron chi connectivity index (χ3n) is 2.95. The Hall–Kier alpha value is -1.24. The zero-order valence-corrected chi connectivity index (χ0v) is 10.9. The van der Waals surface area contributed by atoms with Gasteiger partial charge in [0.1, 0.15) is 0 Å². The maximum atomic E-state index is 12.7. The summed E-state index contributed by atoms with van der Waals surface area (Å²) in [5.41, 5.74) is -4.96. The molecule has 0 fully saturated rings. The van der Waals surface area contributed by atoms with Crippen molar-refractivity contribution in [2.75, 3.05) is 0 Å². The van der Waals surface area contributed by atoms with E-state index in [1.807, 2.05) is 0 Å². The monoisotopic (exact) mass is 300 g/mol. The first-order valence-electron chi connectivity index (χ1n) is 5.90.